The van der Waals surface area contributed by atoms with Crippen LogP contribution in [-0.2, 0) is 0 Å². The average Bonchev–Trinajstić information content (AvgIpc) is 2.68. The molecule has 2 rings (SSSR count). The second-order valence-electron chi connectivity index (χ2n) is 6.77. The quantitative estimate of drug-likeness (QED) is 0.876. The van der Waals surface area contributed by atoms with Crippen LogP contribution in [0.2, 0.25) is 0 Å². The summed E-state index contributed by atoms with van der Waals surface area (Å²) in [6, 6.07) is 6.40. The number of aliphatic hydroxyl groups is 1. The zero-order valence-corrected chi connectivity index (χ0v) is 13.9. The van der Waals surface area contributed by atoms with Crippen LogP contribution in [0.5, 0.6) is 0 Å². The Bertz CT molecular complexity index is 423. The average molecular weight is 289 g/mol. The lowest BCUT2D eigenvalue weighted by molar-refractivity contribution is 0.142. The van der Waals surface area contributed by atoms with E-state index >= 15 is 0 Å². The monoisotopic (exact) mass is 289 g/mol. The van der Waals surface area contributed by atoms with E-state index in [1.54, 1.807) is 0 Å². The second kappa shape index (κ2) is 7.95. The lowest BCUT2D eigenvalue weighted by Crippen LogP contribution is -2.27. The molecule has 1 aliphatic heterocycles. The molecule has 118 valence electrons. The van der Waals surface area contributed by atoms with Gasteiger partial charge in [0.05, 0.1) is 6.10 Å². The summed E-state index contributed by atoms with van der Waals surface area (Å²) in [4.78, 5) is 2.54. The molecule has 1 aliphatic rings. The molecule has 2 heteroatoms. The maximum absolute atomic E-state index is 10.4. The normalized spacial score (nSPS) is 22.0. The SMILES string of the molecule is CCC1CCCN(CCC(O)c2cc(C)cc(C)c2)CC1. The van der Waals surface area contributed by atoms with Crippen LogP contribution in [0.15, 0.2) is 18.2 Å². The number of benzene rings is 1. The lowest BCUT2D eigenvalue weighted by atomic mass is 9.98. The van der Waals surface area contributed by atoms with Crippen LogP contribution in [0.25, 0.3) is 0 Å². The summed E-state index contributed by atoms with van der Waals surface area (Å²) in [6.07, 6.45) is 5.87. The Hall–Kier alpha value is -0.860. The molecule has 0 radical (unpaired) electrons. The van der Waals surface area contributed by atoms with Crippen LogP contribution in [0.4, 0.5) is 0 Å². The minimum absolute atomic E-state index is 0.325. The van der Waals surface area contributed by atoms with Crippen molar-refractivity contribution in [3.8, 4) is 0 Å². The number of aliphatic hydroxyl groups excluding tert-OH is 1. The summed E-state index contributed by atoms with van der Waals surface area (Å²) in [6.45, 7) is 9.94. The van der Waals surface area contributed by atoms with Crippen LogP contribution < -0.4 is 0 Å². The number of rotatable bonds is 5. The summed E-state index contributed by atoms with van der Waals surface area (Å²) in [5, 5.41) is 10.4. The molecule has 21 heavy (non-hydrogen) atoms. The van der Waals surface area contributed by atoms with E-state index in [4.69, 9.17) is 0 Å². The third kappa shape index (κ3) is 5.12. The molecule has 2 unspecified atom stereocenters. The number of hydrogen-bond acceptors (Lipinski definition) is 2. The van der Waals surface area contributed by atoms with Gasteiger partial charge in [0.2, 0.25) is 0 Å². The van der Waals surface area contributed by atoms with Gasteiger partial charge < -0.3 is 10.0 Å². The van der Waals surface area contributed by atoms with Crippen molar-refractivity contribution in [3.63, 3.8) is 0 Å². The van der Waals surface area contributed by atoms with Crippen molar-refractivity contribution in [2.75, 3.05) is 19.6 Å². The number of nitrogens with zero attached hydrogens (tertiary/aromatic N) is 1. The van der Waals surface area contributed by atoms with Crippen LogP contribution in [-0.4, -0.2) is 29.6 Å². The van der Waals surface area contributed by atoms with E-state index in [0.29, 0.717) is 0 Å². The van der Waals surface area contributed by atoms with Crippen molar-refractivity contribution >= 4 is 0 Å². The minimum atomic E-state index is -0.325. The summed E-state index contributed by atoms with van der Waals surface area (Å²) in [7, 11) is 0. The highest BCUT2D eigenvalue weighted by atomic mass is 16.3. The molecule has 0 amide bonds. The number of likely N-dealkylation sites (tertiary alicyclic amines) is 1. The highest BCUT2D eigenvalue weighted by molar-refractivity contribution is 5.29. The van der Waals surface area contributed by atoms with Crippen molar-refractivity contribution < 1.29 is 5.11 Å². The van der Waals surface area contributed by atoms with Crippen molar-refractivity contribution in [3.05, 3.63) is 34.9 Å². The van der Waals surface area contributed by atoms with Gasteiger partial charge in [0.25, 0.3) is 0 Å². The smallest absolute Gasteiger partial charge is 0.0802 e. The Balaban J connectivity index is 1.84. The van der Waals surface area contributed by atoms with Gasteiger partial charge in [0.1, 0.15) is 0 Å². The highest BCUT2D eigenvalue weighted by Crippen LogP contribution is 2.23. The Morgan fingerprint density at radius 3 is 2.52 bits per heavy atom. The first-order chi connectivity index (χ1) is 10.1. The largest absolute Gasteiger partial charge is 0.388 e. The Kier molecular flexibility index (Phi) is 6.25. The molecular formula is C19H31NO. The minimum Gasteiger partial charge on any atom is -0.388 e. The Morgan fingerprint density at radius 2 is 1.86 bits per heavy atom. The predicted molar refractivity (Wildman–Crippen MR) is 89.6 cm³/mol. The molecule has 0 aliphatic carbocycles. The van der Waals surface area contributed by atoms with Gasteiger partial charge in [0, 0.05) is 6.54 Å². The zero-order chi connectivity index (χ0) is 15.2. The van der Waals surface area contributed by atoms with E-state index < -0.39 is 0 Å². The lowest BCUT2D eigenvalue weighted by Gasteiger charge is -2.22. The summed E-state index contributed by atoms with van der Waals surface area (Å²) in [5.74, 6) is 0.916. The first-order valence-electron chi connectivity index (χ1n) is 8.57. The Labute approximate surface area is 130 Å². The van der Waals surface area contributed by atoms with Crippen LogP contribution in [0, 0.1) is 19.8 Å². The van der Waals surface area contributed by atoms with Crippen LogP contribution in [0.3, 0.4) is 0 Å². The Morgan fingerprint density at radius 1 is 1.14 bits per heavy atom. The van der Waals surface area contributed by atoms with Gasteiger partial charge in [0.15, 0.2) is 0 Å². The fraction of sp³-hybridized carbons (Fsp3) is 0.684. The highest BCUT2D eigenvalue weighted by Gasteiger charge is 2.17. The third-order valence-corrected chi connectivity index (χ3v) is 4.87. The van der Waals surface area contributed by atoms with Gasteiger partial charge in [-0.15, -0.1) is 0 Å². The number of aryl methyl sites for hydroxylation is 2. The van der Waals surface area contributed by atoms with Crippen molar-refractivity contribution in [2.24, 2.45) is 5.92 Å². The molecule has 0 aromatic heterocycles. The van der Waals surface area contributed by atoms with Crippen molar-refractivity contribution in [1.82, 2.24) is 4.90 Å². The third-order valence-electron chi connectivity index (χ3n) is 4.87. The first kappa shape index (κ1) is 16.5. The van der Waals surface area contributed by atoms with Gasteiger partial charge in [-0.1, -0.05) is 42.7 Å². The molecule has 2 atom stereocenters. The molecule has 1 heterocycles. The van der Waals surface area contributed by atoms with Gasteiger partial charge in [-0.25, -0.2) is 0 Å². The van der Waals surface area contributed by atoms with E-state index in [-0.39, 0.29) is 6.10 Å². The molecular weight excluding hydrogens is 258 g/mol. The van der Waals surface area contributed by atoms with E-state index in [1.807, 2.05) is 0 Å². The molecule has 1 aromatic carbocycles. The molecule has 1 saturated heterocycles. The fourth-order valence-corrected chi connectivity index (χ4v) is 3.53. The van der Waals surface area contributed by atoms with E-state index in [2.05, 4.69) is 43.9 Å². The second-order valence-corrected chi connectivity index (χ2v) is 6.77. The van der Waals surface area contributed by atoms with Crippen molar-refractivity contribution in [2.45, 2.75) is 59.0 Å². The summed E-state index contributed by atoms with van der Waals surface area (Å²) in [5.41, 5.74) is 3.56. The van der Waals surface area contributed by atoms with Gasteiger partial charge >= 0.3 is 0 Å². The van der Waals surface area contributed by atoms with Gasteiger partial charge in [-0.3, -0.25) is 0 Å². The summed E-state index contributed by atoms with van der Waals surface area (Å²) < 4.78 is 0. The predicted octanol–water partition coefficient (Wildman–Crippen LogP) is 4.24. The summed E-state index contributed by atoms with van der Waals surface area (Å²) >= 11 is 0. The molecule has 1 N–H and O–H groups in total. The maximum atomic E-state index is 10.4. The topological polar surface area (TPSA) is 23.5 Å². The van der Waals surface area contributed by atoms with Crippen LogP contribution in [0.1, 0.15) is 61.8 Å². The standard InChI is InChI=1S/C19H31NO/c1-4-17-6-5-9-20(10-7-17)11-8-19(21)18-13-15(2)12-16(3)14-18/h12-14,17,19,21H,4-11H2,1-3H3. The molecule has 1 fully saturated rings. The van der Waals surface area contributed by atoms with Gasteiger partial charge in [-0.2, -0.15) is 0 Å². The first-order valence-corrected chi connectivity index (χ1v) is 8.57. The van der Waals surface area contributed by atoms with E-state index in [9.17, 15) is 5.11 Å². The number of hydrogen-bond donors (Lipinski definition) is 1. The molecule has 2 nitrogen and oxygen atoms in total. The molecule has 0 spiro atoms. The molecule has 0 saturated carbocycles. The van der Waals surface area contributed by atoms with Gasteiger partial charge in [-0.05, 0) is 64.1 Å². The molecule has 0 bridgehead atoms. The fourth-order valence-electron chi connectivity index (χ4n) is 3.53. The van der Waals surface area contributed by atoms with E-state index in [1.165, 1.54) is 49.9 Å². The van der Waals surface area contributed by atoms with Crippen molar-refractivity contribution in [1.29, 1.82) is 0 Å². The zero-order valence-electron chi connectivity index (χ0n) is 13.9. The van der Waals surface area contributed by atoms with Crippen LogP contribution >= 0.6 is 0 Å². The maximum Gasteiger partial charge on any atom is 0.0802 e. The molecule has 1 aromatic rings. The van der Waals surface area contributed by atoms with E-state index in [0.717, 1.165) is 24.4 Å².